The van der Waals surface area contributed by atoms with Crippen LogP contribution in [0.5, 0.6) is 0 Å². The molecule has 0 aliphatic carbocycles. The number of aryl methyl sites for hydroxylation is 1. The van der Waals surface area contributed by atoms with Crippen LogP contribution in [-0.2, 0) is 10.3 Å². The molecule has 0 saturated heterocycles. The van der Waals surface area contributed by atoms with Gasteiger partial charge in [-0.2, -0.15) is 5.26 Å². The van der Waals surface area contributed by atoms with Gasteiger partial charge in [0.05, 0.1) is 11.2 Å². The molecule has 0 radical (unpaired) electrons. The monoisotopic (exact) mass is 331 g/mol. The first kappa shape index (κ1) is 18.2. The number of carbonyl (C=O) groups is 1. The second-order valence-electron chi connectivity index (χ2n) is 6.20. The predicted octanol–water partition coefficient (Wildman–Crippen LogP) is 3.90. The highest BCUT2D eigenvalue weighted by molar-refractivity contribution is 5.98. The molecular formula is C21H21N3O. The first-order valence-electron chi connectivity index (χ1n) is 8.02. The minimum Gasteiger partial charge on any atom is -0.342 e. The van der Waals surface area contributed by atoms with Gasteiger partial charge in [-0.05, 0) is 50.6 Å². The van der Waals surface area contributed by atoms with Crippen LogP contribution in [0, 0.1) is 18.3 Å². The van der Waals surface area contributed by atoms with Crippen molar-refractivity contribution in [2.45, 2.75) is 26.3 Å². The molecule has 1 heterocycles. The zero-order chi connectivity index (χ0) is 18.3. The largest absolute Gasteiger partial charge is 0.342 e. The van der Waals surface area contributed by atoms with E-state index in [1.54, 1.807) is 12.2 Å². The summed E-state index contributed by atoms with van der Waals surface area (Å²) in [5.74, 6) is -0.404. The first-order valence-corrected chi connectivity index (χ1v) is 8.02. The normalized spacial score (nSPS) is 12.0. The second-order valence-corrected chi connectivity index (χ2v) is 6.20. The maximum absolute atomic E-state index is 12.4. The average Bonchev–Trinajstić information content (AvgIpc) is 2.59. The Morgan fingerprint density at radius 2 is 1.88 bits per heavy atom. The number of hydrogen-bond donors (Lipinski definition) is 1. The van der Waals surface area contributed by atoms with Crippen molar-refractivity contribution in [2.24, 2.45) is 0 Å². The van der Waals surface area contributed by atoms with Crippen molar-refractivity contribution < 1.29 is 4.79 Å². The number of aromatic nitrogens is 1. The molecule has 4 heteroatoms. The van der Waals surface area contributed by atoms with E-state index in [0.717, 1.165) is 17.0 Å². The molecule has 0 fully saturated rings. The summed E-state index contributed by atoms with van der Waals surface area (Å²) in [6, 6.07) is 17.3. The van der Waals surface area contributed by atoms with Crippen molar-refractivity contribution in [2.75, 3.05) is 0 Å². The molecule has 0 aliphatic heterocycles. The number of pyridine rings is 1. The Labute approximate surface area is 148 Å². The Hall–Kier alpha value is -3.19. The SMILES string of the molecule is Cc1cccc(/C=C/C=C(\C#N)C(=O)NC(C)(C)c2ccccc2)n1. The van der Waals surface area contributed by atoms with Gasteiger partial charge in [-0.3, -0.25) is 9.78 Å². The van der Waals surface area contributed by atoms with Gasteiger partial charge in [0.2, 0.25) is 0 Å². The van der Waals surface area contributed by atoms with Crippen LogP contribution in [-0.4, -0.2) is 10.9 Å². The van der Waals surface area contributed by atoms with E-state index in [-0.39, 0.29) is 5.57 Å². The van der Waals surface area contributed by atoms with Crippen LogP contribution >= 0.6 is 0 Å². The fourth-order valence-electron chi connectivity index (χ4n) is 2.34. The van der Waals surface area contributed by atoms with Crippen molar-refractivity contribution in [3.05, 3.63) is 83.2 Å². The molecule has 1 amide bonds. The number of allylic oxidation sites excluding steroid dienone is 2. The molecule has 1 N–H and O–H groups in total. The Balaban J connectivity index is 2.12. The zero-order valence-electron chi connectivity index (χ0n) is 14.7. The number of carbonyl (C=O) groups excluding carboxylic acids is 1. The molecule has 1 aromatic carbocycles. The van der Waals surface area contributed by atoms with E-state index in [1.807, 2.05) is 75.4 Å². The zero-order valence-corrected chi connectivity index (χ0v) is 14.7. The fraction of sp³-hybridized carbons (Fsp3) is 0.190. The summed E-state index contributed by atoms with van der Waals surface area (Å²) in [6.07, 6.45) is 4.93. The minimum absolute atomic E-state index is 0.0490. The predicted molar refractivity (Wildman–Crippen MR) is 99.3 cm³/mol. The third-order valence-electron chi connectivity index (χ3n) is 3.73. The van der Waals surface area contributed by atoms with Crippen LogP contribution in [0.3, 0.4) is 0 Å². The number of amides is 1. The molecule has 4 nitrogen and oxygen atoms in total. The molecule has 0 spiro atoms. The van der Waals surface area contributed by atoms with Gasteiger partial charge in [0.15, 0.2) is 0 Å². The maximum atomic E-state index is 12.4. The van der Waals surface area contributed by atoms with Crippen LogP contribution in [0.4, 0.5) is 0 Å². The van der Waals surface area contributed by atoms with Crippen LogP contribution in [0.1, 0.15) is 30.8 Å². The van der Waals surface area contributed by atoms with Gasteiger partial charge in [-0.1, -0.05) is 42.5 Å². The van der Waals surface area contributed by atoms with Gasteiger partial charge in [0.1, 0.15) is 11.6 Å². The topological polar surface area (TPSA) is 65.8 Å². The third kappa shape index (κ3) is 5.15. The highest BCUT2D eigenvalue weighted by Crippen LogP contribution is 2.19. The van der Waals surface area contributed by atoms with E-state index in [4.69, 9.17) is 0 Å². The van der Waals surface area contributed by atoms with E-state index in [9.17, 15) is 10.1 Å². The van der Waals surface area contributed by atoms with Crippen LogP contribution in [0.25, 0.3) is 6.08 Å². The number of hydrogen-bond acceptors (Lipinski definition) is 3. The molecule has 2 aromatic rings. The summed E-state index contributed by atoms with van der Waals surface area (Å²) in [5.41, 5.74) is 2.14. The van der Waals surface area contributed by atoms with Crippen LogP contribution in [0.15, 0.2) is 66.3 Å². The highest BCUT2D eigenvalue weighted by Gasteiger charge is 2.23. The molecule has 0 atom stereocenters. The lowest BCUT2D eigenvalue weighted by atomic mass is 9.94. The van der Waals surface area contributed by atoms with Crippen molar-refractivity contribution in [3.63, 3.8) is 0 Å². The third-order valence-corrected chi connectivity index (χ3v) is 3.73. The van der Waals surface area contributed by atoms with Crippen LogP contribution in [0.2, 0.25) is 0 Å². The van der Waals surface area contributed by atoms with E-state index >= 15 is 0 Å². The van der Waals surface area contributed by atoms with Gasteiger partial charge < -0.3 is 5.32 Å². The summed E-state index contributed by atoms with van der Waals surface area (Å²) in [6.45, 7) is 5.72. The molecular weight excluding hydrogens is 310 g/mol. The molecule has 1 aromatic heterocycles. The van der Waals surface area contributed by atoms with Crippen molar-refractivity contribution >= 4 is 12.0 Å². The quantitative estimate of drug-likeness (QED) is 0.513. The summed E-state index contributed by atoms with van der Waals surface area (Å²) in [4.78, 5) is 16.7. The first-order chi connectivity index (χ1) is 11.9. The second kappa shape index (κ2) is 8.07. The molecule has 2 rings (SSSR count). The fourth-order valence-corrected chi connectivity index (χ4v) is 2.34. The number of benzene rings is 1. The Kier molecular flexibility index (Phi) is 5.86. The number of nitrogens with zero attached hydrogens (tertiary/aromatic N) is 2. The summed E-state index contributed by atoms with van der Waals surface area (Å²) < 4.78 is 0. The molecule has 0 saturated carbocycles. The molecule has 0 aliphatic rings. The van der Waals surface area contributed by atoms with E-state index < -0.39 is 11.4 Å². The summed E-state index contributed by atoms with van der Waals surface area (Å²) in [5, 5.41) is 12.2. The van der Waals surface area contributed by atoms with E-state index in [2.05, 4.69) is 10.3 Å². The molecule has 25 heavy (non-hydrogen) atoms. The standard InChI is InChI=1S/C21H21N3O/c1-16-9-7-13-19(23-16)14-8-10-17(15-22)20(25)24-21(2,3)18-11-5-4-6-12-18/h4-14H,1-3H3,(H,24,25)/b14-8+,17-10+. The van der Waals surface area contributed by atoms with E-state index in [1.165, 1.54) is 6.08 Å². The maximum Gasteiger partial charge on any atom is 0.262 e. The Bertz CT molecular complexity index is 843. The Morgan fingerprint density at radius 3 is 2.52 bits per heavy atom. The van der Waals surface area contributed by atoms with Crippen molar-refractivity contribution in [3.8, 4) is 6.07 Å². The summed E-state index contributed by atoms with van der Waals surface area (Å²) >= 11 is 0. The van der Waals surface area contributed by atoms with Gasteiger partial charge in [-0.25, -0.2) is 0 Å². The molecule has 126 valence electrons. The molecule has 0 bridgehead atoms. The van der Waals surface area contributed by atoms with Gasteiger partial charge in [0, 0.05) is 5.69 Å². The lowest BCUT2D eigenvalue weighted by Gasteiger charge is -2.26. The smallest absolute Gasteiger partial charge is 0.262 e. The lowest BCUT2D eigenvalue weighted by Crippen LogP contribution is -2.41. The van der Waals surface area contributed by atoms with Crippen molar-refractivity contribution in [1.29, 1.82) is 5.26 Å². The number of nitriles is 1. The number of rotatable bonds is 5. The minimum atomic E-state index is -0.573. The number of nitrogens with one attached hydrogen (secondary N) is 1. The average molecular weight is 331 g/mol. The van der Waals surface area contributed by atoms with Gasteiger partial charge >= 0.3 is 0 Å². The van der Waals surface area contributed by atoms with Gasteiger partial charge in [0.25, 0.3) is 5.91 Å². The van der Waals surface area contributed by atoms with Crippen LogP contribution < -0.4 is 5.32 Å². The highest BCUT2D eigenvalue weighted by atomic mass is 16.1. The Morgan fingerprint density at radius 1 is 1.16 bits per heavy atom. The van der Waals surface area contributed by atoms with Crippen molar-refractivity contribution in [1.82, 2.24) is 10.3 Å². The molecule has 0 unspecified atom stereocenters. The van der Waals surface area contributed by atoms with E-state index in [0.29, 0.717) is 0 Å². The summed E-state index contributed by atoms with van der Waals surface area (Å²) in [7, 11) is 0. The van der Waals surface area contributed by atoms with Gasteiger partial charge in [-0.15, -0.1) is 0 Å². The lowest BCUT2D eigenvalue weighted by molar-refractivity contribution is -0.118.